The zero-order valence-electron chi connectivity index (χ0n) is 14.2. The van der Waals surface area contributed by atoms with Gasteiger partial charge in [0.15, 0.2) is 5.13 Å². The molecular weight excluding hydrogens is 352 g/mol. The van der Waals surface area contributed by atoms with E-state index in [1.54, 1.807) is 25.3 Å². The summed E-state index contributed by atoms with van der Waals surface area (Å²) >= 11 is 1.41. The van der Waals surface area contributed by atoms with Crippen LogP contribution in [0.4, 0.5) is 5.13 Å². The Balaban J connectivity index is 1.64. The summed E-state index contributed by atoms with van der Waals surface area (Å²) in [6, 6.07) is 12.8. The molecule has 0 bridgehead atoms. The zero-order chi connectivity index (χ0) is 18.1. The minimum atomic E-state index is -0.305. The lowest BCUT2D eigenvalue weighted by Gasteiger charge is -2.15. The van der Waals surface area contributed by atoms with Crippen LogP contribution in [0.5, 0.6) is 17.2 Å². The number of fused-ring (bicyclic) bond motifs is 3. The van der Waals surface area contributed by atoms with Crippen LogP contribution >= 0.6 is 11.3 Å². The summed E-state index contributed by atoms with van der Waals surface area (Å²) < 4.78 is 16.2. The quantitative estimate of drug-likeness (QED) is 0.754. The van der Waals surface area contributed by atoms with Crippen molar-refractivity contribution in [3.8, 4) is 28.5 Å². The van der Waals surface area contributed by atoms with Gasteiger partial charge in [-0.05, 0) is 30.3 Å². The number of hydrogen-bond acceptors (Lipinski definition) is 6. The number of carbonyl (C=O) groups is 1. The molecular formula is C19H16N2O4S. The number of amides is 1. The van der Waals surface area contributed by atoms with Gasteiger partial charge in [0, 0.05) is 5.56 Å². The largest absolute Gasteiger partial charge is 0.497 e. The third-order valence-electron chi connectivity index (χ3n) is 4.07. The summed E-state index contributed by atoms with van der Waals surface area (Å²) in [5.74, 6) is 1.55. The van der Waals surface area contributed by atoms with E-state index in [4.69, 9.17) is 14.2 Å². The smallest absolute Gasteiger partial charge is 0.261 e. The highest BCUT2D eigenvalue weighted by Gasteiger charge is 2.23. The van der Waals surface area contributed by atoms with E-state index in [0.29, 0.717) is 28.8 Å². The van der Waals surface area contributed by atoms with Crippen LogP contribution in [0.15, 0.2) is 42.5 Å². The van der Waals surface area contributed by atoms with Crippen LogP contribution in [0.3, 0.4) is 0 Å². The molecule has 0 spiro atoms. The van der Waals surface area contributed by atoms with Crippen LogP contribution in [0, 0.1) is 0 Å². The molecule has 26 heavy (non-hydrogen) atoms. The number of methoxy groups -OCH3 is 2. The number of para-hydroxylation sites is 1. The molecule has 0 fully saturated rings. The first kappa shape index (κ1) is 16.4. The van der Waals surface area contributed by atoms with E-state index in [0.717, 1.165) is 21.9 Å². The van der Waals surface area contributed by atoms with Gasteiger partial charge >= 0.3 is 0 Å². The minimum absolute atomic E-state index is 0.305. The molecule has 4 rings (SSSR count). The van der Waals surface area contributed by atoms with E-state index < -0.39 is 0 Å². The molecule has 1 aromatic heterocycles. The third-order valence-corrected chi connectivity index (χ3v) is 5.01. The molecule has 2 aromatic carbocycles. The second-order valence-corrected chi connectivity index (χ2v) is 6.68. The summed E-state index contributed by atoms with van der Waals surface area (Å²) in [5, 5.41) is 3.37. The fourth-order valence-corrected chi connectivity index (χ4v) is 3.69. The molecule has 7 heteroatoms. The van der Waals surface area contributed by atoms with Crippen molar-refractivity contribution in [2.45, 2.75) is 6.61 Å². The molecule has 1 amide bonds. The maximum absolute atomic E-state index is 12.7. The van der Waals surface area contributed by atoms with Crippen molar-refractivity contribution in [3.05, 3.63) is 52.9 Å². The van der Waals surface area contributed by atoms with Crippen molar-refractivity contribution >= 4 is 22.4 Å². The van der Waals surface area contributed by atoms with Gasteiger partial charge in [-0.2, -0.15) is 0 Å². The summed E-state index contributed by atoms with van der Waals surface area (Å²) in [7, 11) is 3.07. The topological polar surface area (TPSA) is 69.7 Å². The monoisotopic (exact) mass is 368 g/mol. The van der Waals surface area contributed by atoms with Crippen LogP contribution in [0.1, 0.15) is 15.2 Å². The second kappa shape index (κ2) is 6.68. The third kappa shape index (κ3) is 2.86. The Morgan fingerprint density at radius 3 is 2.85 bits per heavy atom. The van der Waals surface area contributed by atoms with Gasteiger partial charge in [-0.1, -0.05) is 23.5 Å². The van der Waals surface area contributed by atoms with Crippen molar-refractivity contribution in [2.75, 3.05) is 19.5 Å². The summed E-state index contributed by atoms with van der Waals surface area (Å²) in [5.41, 5.74) is 2.17. The molecule has 3 aromatic rings. The number of ether oxygens (including phenoxy) is 3. The van der Waals surface area contributed by atoms with Crippen molar-refractivity contribution in [2.24, 2.45) is 0 Å². The first-order chi connectivity index (χ1) is 12.7. The first-order valence-corrected chi connectivity index (χ1v) is 8.76. The van der Waals surface area contributed by atoms with Gasteiger partial charge in [0.25, 0.3) is 5.91 Å². The normalized spacial score (nSPS) is 11.8. The minimum Gasteiger partial charge on any atom is -0.497 e. The van der Waals surface area contributed by atoms with Gasteiger partial charge in [-0.25, -0.2) is 4.98 Å². The number of rotatable bonds is 4. The summed E-state index contributed by atoms with van der Waals surface area (Å²) in [4.78, 5) is 18.3. The molecule has 0 radical (unpaired) electrons. The number of nitrogens with zero attached hydrogens (tertiary/aromatic N) is 1. The highest BCUT2D eigenvalue weighted by molar-refractivity contribution is 7.16. The molecule has 0 atom stereocenters. The van der Waals surface area contributed by atoms with E-state index in [1.165, 1.54) is 18.4 Å². The van der Waals surface area contributed by atoms with Crippen LogP contribution in [-0.4, -0.2) is 25.1 Å². The molecule has 1 aliphatic heterocycles. The molecule has 2 heterocycles. The molecule has 6 nitrogen and oxygen atoms in total. The number of benzene rings is 2. The lowest BCUT2D eigenvalue weighted by atomic mass is 10.1. The Bertz CT molecular complexity index is 983. The number of nitrogens with one attached hydrogen (secondary N) is 1. The number of anilines is 1. The van der Waals surface area contributed by atoms with Crippen molar-refractivity contribution in [3.63, 3.8) is 0 Å². The summed E-state index contributed by atoms with van der Waals surface area (Å²) in [6.07, 6.45) is 0. The van der Waals surface area contributed by atoms with E-state index >= 15 is 0 Å². The van der Waals surface area contributed by atoms with Crippen molar-refractivity contribution in [1.29, 1.82) is 0 Å². The molecule has 0 saturated heterocycles. The Morgan fingerprint density at radius 1 is 1.19 bits per heavy atom. The standard InChI is InChI=1S/C19H16N2O4S/c1-23-11-7-8-14(24-2)13(9-11)18(22)21-19-20-17-12-5-3-4-6-15(12)25-10-16(17)26-19/h3-9H,10H2,1-2H3,(H,20,21,22). The van der Waals surface area contributed by atoms with E-state index in [1.807, 2.05) is 24.3 Å². The van der Waals surface area contributed by atoms with Crippen LogP contribution in [-0.2, 0) is 6.61 Å². The van der Waals surface area contributed by atoms with Gasteiger partial charge in [-0.3, -0.25) is 10.1 Å². The van der Waals surface area contributed by atoms with E-state index in [2.05, 4.69) is 10.3 Å². The number of carbonyl (C=O) groups excluding carboxylic acids is 1. The fourth-order valence-electron chi connectivity index (χ4n) is 2.80. The predicted octanol–water partition coefficient (Wildman–Crippen LogP) is 3.97. The Hall–Kier alpha value is -3.06. The van der Waals surface area contributed by atoms with Gasteiger partial charge < -0.3 is 14.2 Å². The van der Waals surface area contributed by atoms with Crippen LogP contribution in [0.2, 0.25) is 0 Å². The number of aromatic nitrogens is 1. The fraction of sp³-hybridized carbons (Fsp3) is 0.158. The van der Waals surface area contributed by atoms with E-state index in [9.17, 15) is 4.79 Å². The average Bonchev–Trinajstić information content (AvgIpc) is 3.10. The van der Waals surface area contributed by atoms with Crippen LogP contribution in [0.25, 0.3) is 11.3 Å². The van der Waals surface area contributed by atoms with Gasteiger partial charge in [-0.15, -0.1) is 0 Å². The summed E-state index contributed by atoms with van der Waals surface area (Å²) in [6.45, 7) is 0.447. The van der Waals surface area contributed by atoms with Crippen molar-refractivity contribution in [1.82, 2.24) is 4.98 Å². The molecule has 0 saturated carbocycles. The van der Waals surface area contributed by atoms with Gasteiger partial charge in [0.05, 0.1) is 30.4 Å². The number of thiazole rings is 1. The number of hydrogen-bond donors (Lipinski definition) is 1. The van der Waals surface area contributed by atoms with Crippen molar-refractivity contribution < 1.29 is 19.0 Å². The lowest BCUT2D eigenvalue weighted by Crippen LogP contribution is -2.13. The maximum atomic E-state index is 12.7. The molecule has 1 N–H and O–H groups in total. The van der Waals surface area contributed by atoms with Gasteiger partial charge in [0.1, 0.15) is 23.9 Å². The Morgan fingerprint density at radius 2 is 2.04 bits per heavy atom. The molecule has 132 valence electrons. The Kier molecular flexibility index (Phi) is 4.22. The second-order valence-electron chi connectivity index (χ2n) is 5.60. The van der Waals surface area contributed by atoms with Gasteiger partial charge in [0.2, 0.25) is 0 Å². The van der Waals surface area contributed by atoms with Crippen LogP contribution < -0.4 is 19.5 Å². The molecule has 0 unspecified atom stereocenters. The molecule has 1 aliphatic rings. The first-order valence-electron chi connectivity index (χ1n) is 7.95. The zero-order valence-corrected chi connectivity index (χ0v) is 15.1. The maximum Gasteiger partial charge on any atom is 0.261 e. The van der Waals surface area contributed by atoms with E-state index in [-0.39, 0.29) is 5.91 Å². The average molecular weight is 368 g/mol. The highest BCUT2D eigenvalue weighted by atomic mass is 32.1. The Labute approximate surface area is 154 Å². The highest BCUT2D eigenvalue weighted by Crippen LogP contribution is 2.40. The molecule has 0 aliphatic carbocycles. The lowest BCUT2D eigenvalue weighted by molar-refractivity contribution is 0.102. The predicted molar refractivity (Wildman–Crippen MR) is 99.4 cm³/mol. The SMILES string of the molecule is COc1ccc(OC)c(C(=O)Nc2nc3c(s2)COc2ccccc2-3)c1.